The van der Waals surface area contributed by atoms with Crippen LogP contribution in [0.5, 0.6) is 0 Å². The maximum Gasteiger partial charge on any atom is 0.248 e. The van der Waals surface area contributed by atoms with E-state index in [0.717, 1.165) is 19.4 Å². The zero-order valence-electron chi connectivity index (χ0n) is 7.96. The van der Waals surface area contributed by atoms with E-state index in [1.165, 1.54) is 0 Å². The number of ether oxygens (including phenoxy) is 1. The number of rotatable bonds is 4. The molecule has 0 aromatic rings. The molecular formula is C9H16ClNO2. The molecule has 1 amide bonds. The first-order valence-electron chi connectivity index (χ1n) is 4.72. The molecule has 1 aliphatic rings. The number of carbonyl (C=O) groups excluding carboxylic acids is 1. The van der Waals surface area contributed by atoms with Gasteiger partial charge >= 0.3 is 0 Å². The number of carbonyl (C=O) groups is 1. The molecule has 0 bridgehead atoms. The van der Waals surface area contributed by atoms with Crippen molar-refractivity contribution < 1.29 is 9.53 Å². The molecule has 1 aliphatic heterocycles. The molecule has 0 N–H and O–H groups in total. The molecule has 3 nitrogen and oxygen atoms in total. The number of nitrogens with zero attached hydrogens (tertiary/aromatic N) is 1. The smallest absolute Gasteiger partial charge is 0.248 e. The third-order valence-electron chi connectivity index (χ3n) is 2.31. The molecule has 1 rings (SSSR count). The molecule has 0 saturated carbocycles. The van der Waals surface area contributed by atoms with Gasteiger partial charge in [-0.3, -0.25) is 4.79 Å². The van der Waals surface area contributed by atoms with Crippen molar-refractivity contribution in [1.82, 2.24) is 4.90 Å². The zero-order valence-corrected chi connectivity index (χ0v) is 8.72. The minimum atomic E-state index is 0.0741. The molecular weight excluding hydrogens is 190 g/mol. The Morgan fingerprint density at radius 3 is 3.08 bits per heavy atom. The Hall–Kier alpha value is -0.280. The molecule has 1 atom stereocenters. The SMILES string of the molecule is CCOCC(=O)N1CCCC1CCl. The van der Waals surface area contributed by atoms with Crippen LogP contribution in [0.4, 0.5) is 0 Å². The van der Waals surface area contributed by atoms with Crippen LogP contribution in [0.15, 0.2) is 0 Å². The second-order valence-electron chi connectivity index (χ2n) is 3.17. The van der Waals surface area contributed by atoms with Crippen LogP contribution < -0.4 is 0 Å². The number of halogens is 1. The van der Waals surface area contributed by atoms with Crippen LogP contribution in [-0.4, -0.2) is 42.5 Å². The summed E-state index contributed by atoms with van der Waals surface area (Å²) in [5.74, 6) is 0.614. The molecule has 1 unspecified atom stereocenters. The molecule has 0 radical (unpaired) electrons. The Kier molecular flexibility index (Phi) is 4.53. The van der Waals surface area contributed by atoms with Crippen molar-refractivity contribution in [3.63, 3.8) is 0 Å². The van der Waals surface area contributed by atoms with Gasteiger partial charge in [-0.2, -0.15) is 0 Å². The van der Waals surface area contributed by atoms with Gasteiger partial charge < -0.3 is 9.64 Å². The first-order valence-corrected chi connectivity index (χ1v) is 5.26. The first-order chi connectivity index (χ1) is 6.29. The maximum absolute atomic E-state index is 11.5. The molecule has 76 valence electrons. The number of alkyl halides is 1. The van der Waals surface area contributed by atoms with Crippen LogP contribution in [0.3, 0.4) is 0 Å². The standard InChI is InChI=1S/C9H16ClNO2/c1-2-13-7-9(12)11-5-3-4-8(11)6-10/h8H,2-7H2,1H3. The van der Waals surface area contributed by atoms with E-state index < -0.39 is 0 Å². The fourth-order valence-corrected chi connectivity index (χ4v) is 1.92. The van der Waals surface area contributed by atoms with E-state index in [9.17, 15) is 4.79 Å². The summed E-state index contributed by atoms with van der Waals surface area (Å²) < 4.78 is 5.07. The minimum Gasteiger partial charge on any atom is -0.372 e. The van der Waals surface area contributed by atoms with Crippen LogP contribution >= 0.6 is 11.6 Å². The highest BCUT2D eigenvalue weighted by Crippen LogP contribution is 2.18. The Balaban J connectivity index is 2.36. The van der Waals surface area contributed by atoms with Crippen molar-refractivity contribution in [2.24, 2.45) is 0 Å². The lowest BCUT2D eigenvalue weighted by atomic mass is 10.2. The van der Waals surface area contributed by atoms with Crippen LogP contribution in [0.2, 0.25) is 0 Å². The van der Waals surface area contributed by atoms with E-state index >= 15 is 0 Å². The van der Waals surface area contributed by atoms with Crippen molar-refractivity contribution in [1.29, 1.82) is 0 Å². The normalized spacial score (nSPS) is 22.3. The van der Waals surface area contributed by atoms with Crippen LogP contribution in [0, 0.1) is 0 Å². The van der Waals surface area contributed by atoms with Gasteiger partial charge in [-0.15, -0.1) is 11.6 Å². The Bertz CT molecular complexity index is 175. The lowest BCUT2D eigenvalue weighted by Gasteiger charge is -2.22. The van der Waals surface area contributed by atoms with Gasteiger partial charge in [0.2, 0.25) is 5.91 Å². The molecule has 13 heavy (non-hydrogen) atoms. The zero-order chi connectivity index (χ0) is 9.68. The van der Waals surface area contributed by atoms with Crippen LogP contribution in [-0.2, 0) is 9.53 Å². The van der Waals surface area contributed by atoms with E-state index in [1.807, 2.05) is 11.8 Å². The van der Waals surface area contributed by atoms with Gasteiger partial charge in [0.25, 0.3) is 0 Å². The quantitative estimate of drug-likeness (QED) is 0.647. The summed E-state index contributed by atoms with van der Waals surface area (Å²) in [4.78, 5) is 13.4. The van der Waals surface area contributed by atoms with Crippen molar-refractivity contribution in [2.45, 2.75) is 25.8 Å². The molecule has 1 fully saturated rings. The highest BCUT2D eigenvalue weighted by molar-refractivity contribution is 6.18. The molecule has 4 heteroatoms. The van der Waals surface area contributed by atoms with Gasteiger partial charge in [0.05, 0.1) is 0 Å². The fraction of sp³-hybridized carbons (Fsp3) is 0.889. The van der Waals surface area contributed by atoms with E-state index in [2.05, 4.69) is 0 Å². The average molecular weight is 206 g/mol. The van der Waals surface area contributed by atoms with E-state index in [1.54, 1.807) is 0 Å². The monoisotopic (exact) mass is 205 g/mol. The topological polar surface area (TPSA) is 29.5 Å². The number of amides is 1. The summed E-state index contributed by atoms with van der Waals surface area (Å²) >= 11 is 5.75. The predicted octanol–water partition coefficient (Wildman–Crippen LogP) is 1.25. The lowest BCUT2D eigenvalue weighted by Crippen LogP contribution is -2.38. The van der Waals surface area contributed by atoms with Crippen LogP contribution in [0.25, 0.3) is 0 Å². The van der Waals surface area contributed by atoms with E-state index in [-0.39, 0.29) is 18.6 Å². The number of likely N-dealkylation sites (tertiary alicyclic amines) is 1. The number of hydrogen-bond acceptors (Lipinski definition) is 2. The maximum atomic E-state index is 11.5. The summed E-state index contributed by atoms with van der Waals surface area (Å²) in [5.41, 5.74) is 0. The van der Waals surface area contributed by atoms with Gasteiger partial charge in [-0.25, -0.2) is 0 Å². The second kappa shape index (κ2) is 5.45. The first kappa shape index (κ1) is 10.8. The highest BCUT2D eigenvalue weighted by Gasteiger charge is 2.27. The molecule has 0 aromatic carbocycles. The van der Waals surface area contributed by atoms with Crippen molar-refractivity contribution in [2.75, 3.05) is 25.6 Å². The summed E-state index contributed by atoms with van der Waals surface area (Å²) in [5, 5.41) is 0. The van der Waals surface area contributed by atoms with Crippen molar-refractivity contribution >= 4 is 17.5 Å². The van der Waals surface area contributed by atoms with Gasteiger partial charge in [-0.1, -0.05) is 0 Å². The van der Waals surface area contributed by atoms with E-state index in [0.29, 0.717) is 12.5 Å². The Morgan fingerprint density at radius 1 is 1.69 bits per heavy atom. The van der Waals surface area contributed by atoms with Gasteiger partial charge in [0, 0.05) is 25.1 Å². The third kappa shape index (κ3) is 2.85. The lowest BCUT2D eigenvalue weighted by molar-refractivity contribution is -0.136. The highest BCUT2D eigenvalue weighted by atomic mass is 35.5. The Morgan fingerprint density at radius 2 is 2.46 bits per heavy atom. The predicted molar refractivity (Wildman–Crippen MR) is 51.9 cm³/mol. The molecule has 1 heterocycles. The second-order valence-corrected chi connectivity index (χ2v) is 3.48. The minimum absolute atomic E-state index is 0.0741. The summed E-state index contributed by atoms with van der Waals surface area (Å²) in [7, 11) is 0. The van der Waals surface area contributed by atoms with Gasteiger partial charge in [-0.05, 0) is 19.8 Å². The van der Waals surface area contributed by atoms with Gasteiger partial charge in [0.1, 0.15) is 6.61 Å². The van der Waals surface area contributed by atoms with Crippen molar-refractivity contribution in [3.8, 4) is 0 Å². The summed E-state index contributed by atoms with van der Waals surface area (Å²) in [6.07, 6.45) is 2.09. The molecule has 0 aliphatic carbocycles. The molecule has 1 saturated heterocycles. The van der Waals surface area contributed by atoms with Crippen molar-refractivity contribution in [3.05, 3.63) is 0 Å². The van der Waals surface area contributed by atoms with Gasteiger partial charge in [0.15, 0.2) is 0 Å². The number of hydrogen-bond donors (Lipinski definition) is 0. The summed E-state index contributed by atoms with van der Waals surface area (Å²) in [6, 6.07) is 0.231. The van der Waals surface area contributed by atoms with Crippen LogP contribution in [0.1, 0.15) is 19.8 Å². The summed E-state index contributed by atoms with van der Waals surface area (Å²) in [6.45, 7) is 3.51. The Labute approximate surface area is 84.0 Å². The molecule has 0 spiro atoms. The third-order valence-corrected chi connectivity index (χ3v) is 2.66. The molecule has 0 aromatic heterocycles. The largest absolute Gasteiger partial charge is 0.372 e. The fourth-order valence-electron chi connectivity index (χ4n) is 1.60. The van der Waals surface area contributed by atoms with E-state index in [4.69, 9.17) is 16.3 Å². The average Bonchev–Trinajstić information content (AvgIpc) is 2.61.